The molecule has 0 saturated carbocycles. The highest BCUT2D eigenvalue weighted by atomic mass is 16.6. The number of nitrogens with one attached hydrogen (secondary N) is 2. The van der Waals surface area contributed by atoms with E-state index < -0.39 is 29.7 Å². The maximum absolute atomic E-state index is 13.2. The third-order valence-electron chi connectivity index (χ3n) is 5.29. The van der Waals surface area contributed by atoms with Gasteiger partial charge >= 0.3 is 6.09 Å². The van der Waals surface area contributed by atoms with Gasteiger partial charge in [0.2, 0.25) is 11.8 Å². The molecule has 0 radical (unpaired) electrons. The molecule has 0 aromatic heterocycles. The molecule has 0 saturated heterocycles. The van der Waals surface area contributed by atoms with Crippen LogP contribution in [-0.2, 0) is 27.3 Å². The van der Waals surface area contributed by atoms with Crippen molar-refractivity contribution in [3.8, 4) is 5.75 Å². The number of anilines is 1. The molecule has 2 aromatic rings. The lowest BCUT2D eigenvalue weighted by molar-refractivity contribution is -0.130. The molecular weight excluding hydrogens is 422 g/mol. The molecule has 0 fully saturated rings. The lowest BCUT2D eigenvalue weighted by Crippen LogP contribution is -2.56. The van der Waals surface area contributed by atoms with Crippen molar-refractivity contribution < 1.29 is 23.9 Å². The number of carbonyl (C=O) groups excluding carboxylic acids is 3. The Kier molecular flexibility index (Phi) is 7.26. The molecule has 0 spiro atoms. The Hall–Kier alpha value is -3.55. The summed E-state index contributed by atoms with van der Waals surface area (Å²) in [5, 5.41) is 5.51. The summed E-state index contributed by atoms with van der Waals surface area (Å²) in [7, 11) is 1.56. The molecule has 33 heavy (non-hydrogen) atoms. The van der Waals surface area contributed by atoms with E-state index in [0.717, 1.165) is 11.1 Å². The van der Waals surface area contributed by atoms with Crippen molar-refractivity contribution in [2.24, 2.45) is 0 Å². The highest BCUT2D eigenvalue weighted by molar-refractivity contribution is 5.98. The predicted octanol–water partition coefficient (Wildman–Crippen LogP) is 3.50. The molecular formula is C25H31N3O5. The zero-order chi connectivity index (χ0) is 24.2. The molecule has 0 unspecified atom stereocenters. The van der Waals surface area contributed by atoms with E-state index in [4.69, 9.17) is 9.47 Å². The summed E-state index contributed by atoms with van der Waals surface area (Å²) >= 11 is 0. The Balaban J connectivity index is 1.71. The molecule has 176 valence electrons. The van der Waals surface area contributed by atoms with Crippen LogP contribution in [0.5, 0.6) is 5.75 Å². The first-order chi connectivity index (χ1) is 15.6. The van der Waals surface area contributed by atoms with E-state index in [1.807, 2.05) is 24.3 Å². The molecule has 2 N–H and O–H groups in total. The van der Waals surface area contributed by atoms with Crippen molar-refractivity contribution in [2.45, 2.75) is 58.3 Å². The first kappa shape index (κ1) is 24.1. The average molecular weight is 454 g/mol. The monoisotopic (exact) mass is 453 g/mol. The van der Waals surface area contributed by atoms with Gasteiger partial charge in [-0.2, -0.15) is 0 Å². The van der Waals surface area contributed by atoms with Crippen LogP contribution in [0.15, 0.2) is 48.5 Å². The van der Waals surface area contributed by atoms with Crippen molar-refractivity contribution >= 4 is 23.6 Å². The van der Waals surface area contributed by atoms with Gasteiger partial charge in [-0.1, -0.05) is 24.3 Å². The maximum atomic E-state index is 13.2. The zero-order valence-corrected chi connectivity index (χ0v) is 19.7. The van der Waals surface area contributed by atoms with Crippen molar-refractivity contribution in [1.82, 2.24) is 10.2 Å². The number of benzene rings is 2. The Morgan fingerprint density at radius 1 is 1.03 bits per heavy atom. The van der Waals surface area contributed by atoms with E-state index >= 15 is 0 Å². The van der Waals surface area contributed by atoms with Crippen LogP contribution in [0, 0.1) is 0 Å². The SMILES string of the molecule is COc1ccc(NC(=O)[C@H](C)NC(=O)[C@@H]2Cc3ccccc3CN2C(=O)OC(C)(C)C)cc1. The van der Waals surface area contributed by atoms with Gasteiger partial charge in [0.1, 0.15) is 23.4 Å². The molecule has 1 heterocycles. The summed E-state index contributed by atoms with van der Waals surface area (Å²) in [6.07, 6.45) is -0.221. The fourth-order valence-electron chi connectivity index (χ4n) is 3.57. The number of ether oxygens (including phenoxy) is 2. The molecule has 0 bridgehead atoms. The number of carbonyl (C=O) groups is 3. The van der Waals surface area contributed by atoms with Gasteiger partial charge in [-0.05, 0) is 63.1 Å². The molecule has 1 aliphatic heterocycles. The van der Waals surface area contributed by atoms with E-state index in [0.29, 0.717) is 17.9 Å². The van der Waals surface area contributed by atoms with Crippen LogP contribution in [0.1, 0.15) is 38.8 Å². The third-order valence-corrected chi connectivity index (χ3v) is 5.29. The first-order valence-corrected chi connectivity index (χ1v) is 10.9. The van der Waals surface area contributed by atoms with Crippen molar-refractivity contribution in [3.05, 3.63) is 59.7 Å². The van der Waals surface area contributed by atoms with Crippen molar-refractivity contribution in [1.29, 1.82) is 0 Å². The number of hydrogen-bond acceptors (Lipinski definition) is 5. The van der Waals surface area contributed by atoms with E-state index in [-0.39, 0.29) is 12.5 Å². The molecule has 8 nitrogen and oxygen atoms in total. The Bertz CT molecular complexity index is 1010. The minimum atomic E-state index is -0.808. The normalized spacial score (nSPS) is 16.3. The van der Waals surface area contributed by atoms with E-state index in [9.17, 15) is 14.4 Å². The summed E-state index contributed by atoms with van der Waals surface area (Å²) in [6, 6.07) is 13.0. The molecule has 2 atom stereocenters. The van der Waals surface area contributed by atoms with Gasteiger partial charge in [-0.3, -0.25) is 14.5 Å². The highest BCUT2D eigenvalue weighted by Crippen LogP contribution is 2.25. The zero-order valence-electron chi connectivity index (χ0n) is 19.7. The summed E-state index contributed by atoms with van der Waals surface area (Å²) in [5.74, 6) is -0.101. The average Bonchev–Trinajstić information content (AvgIpc) is 2.77. The van der Waals surface area contributed by atoms with Gasteiger partial charge in [0.15, 0.2) is 0 Å². The molecule has 2 aromatic carbocycles. The minimum absolute atomic E-state index is 0.260. The fraction of sp³-hybridized carbons (Fsp3) is 0.400. The van der Waals surface area contributed by atoms with Crippen LogP contribution in [-0.4, -0.2) is 47.6 Å². The number of amides is 3. The summed E-state index contributed by atoms with van der Waals surface area (Å²) in [6.45, 7) is 7.21. The number of hydrogen-bond donors (Lipinski definition) is 2. The number of nitrogens with zero attached hydrogens (tertiary/aromatic N) is 1. The second-order valence-corrected chi connectivity index (χ2v) is 9.04. The van der Waals surface area contributed by atoms with Crippen LogP contribution in [0.2, 0.25) is 0 Å². The third kappa shape index (κ3) is 6.25. The lowest BCUT2D eigenvalue weighted by atomic mass is 9.93. The van der Waals surface area contributed by atoms with E-state index in [2.05, 4.69) is 10.6 Å². The van der Waals surface area contributed by atoms with Crippen LogP contribution < -0.4 is 15.4 Å². The molecule has 8 heteroatoms. The van der Waals surface area contributed by atoms with E-state index in [1.54, 1.807) is 59.1 Å². The molecule has 3 amide bonds. The Morgan fingerprint density at radius 3 is 2.27 bits per heavy atom. The van der Waals surface area contributed by atoms with Crippen LogP contribution in [0.4, 0.5) is 10.5 Å². The summed E-state index contributed by atoms with van der Waals surface area (Å²) in [4.78, 5) is 40.1. The van der Waals surface area contributed by atoms with Gasteiger partial charge in [0, 0.05) is 12.1 Å². The van der Waals surface area contributed by atoms with Crippen LogP contribution in [0.25, 0.3) is 0 Å². The standard InChI is InChI=1S/C25H31N3O5/c1-16(22(29)27-19-10-12-20(32-5)13-11-19)26-23(30)21-14-17-8-6-7-9-18(17)15-28(21)24(31)33-25(2,3)4/h6-13,16,21H,14-15H2,1-5H3,(H,26,30)(H,27,29)/t16-,21-/m0/s1. The van der Waals surface area contributed by atoms with E-state index in [1.165, 1.54) is 4.90 Å². The van der Waals surface area contributed by atoms with Gasteiger partial charge in [-0.25, -0.2) is 4.79 Å². The van der Waals surface area contributed by atoms with Crippen molar-refractivity contribution in [3.63, 3.8) is 0 Å². The largest absolute Gasteiger partial charge is 0.497 e. The number of fused-ring (bicyclic) bond motifs is 1. The van der Waals surface area contributed by atoms with Crippen LogP contribution in [0.3, 0.4) is 0 Å². The Morgan fingerprint density at radius 2 is 1.67 bits per heavy atom. The Labute approximate surface area is 194 Å². The molecule has 3 rings (SSSR count). The van der Waals surface area contributed by atoms with Gasteiger partial charge in [0.05, 0.1) is 13.7 Å². The molecule has 0 aliphatic carbocycles. The smallest absolute Gasteiger partial charge is 0.411 e. The van der Waals surface area contributed by atoms with Gasteiger partial charge in [-0.15, -0.1) is 0 Å². The highest BCUT2D eigenvalue weighted by Gasteiger charge is 2.37. The second kappa shape index (κ2) is 9.94. The second-order valence-electron chi connectivity index (χ2n) is 9.04. The maximum Gasteiger partial charge on any atom is 0.411 e. The quantitative estimate of drug-likeness (QED) is 0.722. The van der Waals surface area contributed by atoms with Gasteiger partial charge < -0.3 is 20.1 Å². The topological polar surface area (TPSA) is 97.0 Å². The minimum Gasteiger partial charge on any atom is -0.497 e. The predicted molar refractivity (Wildman–Crippen MR) is 125 cm³/mol. The first-order valence-electron chi connectivity index (χ1n) is 10.9. The van der Waals surface area contributed by atoms with Crippen LogP contribution >= 0.6 is 0 Å². The van der Waals surface area contributed by atoms with Gasteiger partial charge in [0.25, 0.3) is 0 Å². The fourth-order valence-corrected chi connectivity index (χ4v) is 3.57. The lowest BCUT2D eigenvalue weighted by Gasteiger charge is -2.37. The van der Waals surface area contributed by atoms with Crippen molar-refractivity contribution in [2.75, 3.05) is 12.4 Å². The summed E-state index contributed by atoms with van der Waals surface area (Å²) in [5.41, 5.74) is 1.86. The number of methoxy groups -OCH3 is 1. The number of rotatable bonds is 5. The molecule has 1 aliphatic rings. The summed E-state index contributed by atoms with van der Waals surface area (Å²) < 4.78 is 10.7.